The van der Waals surface area contributed by atoms with Crippen LogP contribution in [0.15, 0.2) is 66.7 Å². The average molecular weight is 545 g/mol. The Balaban J connectivity index is 2.24. The number of nitrogens with zero attached hydrogens (tertiary/aromatic N) is 1. The standard InChI is InChI=1S/C24H24F4N2O6S/c1-24(29,32)18-4-3-5-19(21(18)31)30(37(2,33)34)20(14-6-10-16(11-7-14)35-22(25)26)15-8-12-17(13-9-15)36-23(27)28/h3-13,20,22-23,31-32H,29H2,1-2H3. The second kappa shape index (κ2) is 10.8. The first-order valence-electron chi connectivity index (χ1n) is 10.6. The Labute approximate surface area is 210 Å². The lowest BCUT2D eigenvalue weighted by molar-refractivity contribution is -0.0505. The van der Waals surface area contributed by atoms with E-state index in [0.29, 0.717) is 0 Å². The van der Waals surface area contributed by atoms with Gasteiger partial charge in [0.15, 0.2) is 0 Å². The van der Waals surface area contributed by atoms with E-state index in [2.05, 4.69) is 9.47 Å². The lowest BCUT2D eigenvalue weighted by Gasteiger charge is -2.34. The maximum absolute atomic E-state index is 13.1. The second-order valence-electron chi connectivity index (χ2n) is 8.18. The Morgan fingerprint density at radius 3 is 1.65 bits per heavy atom. The van der Waals surface area contributed by atoms with Crippen molar-refractivity contribution >= 4 is 15.7 Å². The number of alkyl halides is 4. The Hall–Kier alpha value is -3.55. The van der Waals surface area contributed by atoms with Gasteiger partial charge in [-0.15, -0.1) is 0 Å². The van der Waals surface area contributed by atoms with E-state index < -0.39 is 40.8 Å². The molecule has 0 bridgehead atoms. The zero-order valence-corrected chi connectivity index (χ0v) is 20.4. The molecular formula is C24H24F4N2O6S. The van der Waals surface area contributed by atoms with Crippen molar-refractivity contribution in [2.75, 3.05) is 10.6 Å². The fourth-order valence-electron chi connectivity index (χ4n) is 3.75. The molecule has 1 unspecified atom stereocenters. The van der Waals surface area contributed by atoms with E-state index in [-0.39, 0.29) is 33.9 Å². The molecule has 0 fully saturated rings. The molecule has 0 radical (unpaired) electrons. The molecule has 0 amide bonds. The molecule has 0 saturated heterocycles. The topological polar surface area (TPSA) is 122 Å². The van der Waals surface area contributed by atoms with Crippen LogP contribution in [0.4, 0.5) is 23.2 Å². The number of hydrogen-bond donors (Lipinski definition) is 3. The molecule has 37 heavy (non-hydrogen) atoms. The SMILES string of the molecule is CC(N)(O)c1cccc(N(C(c2ccc(OC(F)F)cc2)c2ccc(OC(F)F)cc2)S(C)(=O)=O)c1O. The van der Waals surface area contributed by atoms with Gasteiger partial charge in [-0.1, -0.05) is 36.4 Å². The number of aliphatic hydroxyl groups is 1. The number of halogens is 4. The van der Waals surface area contributed by atoms with Crippen molar-refractivity contribution < 1.29 is 45.7 Å². The minimum Gasteiger partial charge on any atom is -0.505 e. The van der Waals surface area contributed by atoms with Crippen molar-refractivity contribution in [3.8, 4) is 17.2 Å². The zero-order valence-electron chi connectivity index (χ0n) is 19.6. The molecule has 8 nitrogen and oxygen atoms in total. The fraction of sp³-hybridized carbons (Fsp3) is 0.250. The molecular weight excluding hydrogens is 520 g/mol. The fourth-order valence-corrected chi connectivity index (χ4v) is 4.88. The average Bonchev–Trinajstić information content (AvgIpc) is 2.77. The summed E-state index contributed by atoms with van der Waals surface area (Å²) in [6, 6.07) is 12.9. The summed E-state index contributed by atoms with van der Waals surface area (Å²) in [6.45, 7) is -4.97. The van der Waals surface area contributed by atoms with Crippen molar-refractivity contribution in [1.29, 1.82) is 0 Å². The number of sulfonamides is 1. The number of ether oxygens (including phenoxy) is 2. The number of hydrogen-bond acceptors (Lipinski definition) is 7. The Bertz CT molecular complexity index is 1260. The van der Waals surface area contributed by atoms with E-state index >= 15 is 0 Å². The van der Waals surface area contributed by atoms with Gasteiger partial charge in [0, 0.05) is 5.56 Å². The monoisotopic (exact) mass is 544 g/mol. The van der Waals surface area contributed by atoms with Crippen molar-refractivity contribution in [1.82, 2.24) is 0 Å². The van der Waals surface area contributed by atoms with Gasteiger partial charge in [0.25, 0.3) is 0 Å². The molecule has 0 heterocycles. The van der Waals surface area contributed by atoms with Gasteiger partial charge in [0.05, 0.1) is 18.0 Å². The van der Waals surface area contributed by atoms with E-state index in [9.17, 15) is 36.2 Å². The smallest absolute Gasteiger partial charge is 0.387 e. The van der Waals surface area contributed by atoms with Crippen LogP contribution >= 0.6 is 0 Å². The van der Waals surface area contributed by atoms with E-state index in [1.165, 1.54) is 73.7 Å². The third-order valence-electron chi connectivity index (χ3n) is 5.23. The largest absolute Gasteiger partial charge is 0.505 e. The lowest BCUT2D eigenvalue weighted by Crippen LogP contribution is -2.36. The van der Waals surface area contributed by atoms with Crippen LogP contribution in [0.2, 0.25) is 0 Å². The Morgan fingerprint density at radius 2 is 1.30 bits per heavy atom. The molecule has 1 atom stereocenters. The van der Waals surface area contributed by atoms with E-state index in [4.69, 9.17) is 5.73 Å². The van der Waals surface area contributed by atoms with Gasteiger partial charge < -0.3 is 19.7 Å². The molecule has 3 rings (SSSR count). The highest BCUT2D eigenvalue weighted by atomic mass is 32.2. The summed E-state index contributed by atoms with van der Waals surface area (Å²) in [5, 5.41) is 21.2. The van der Waals surface area contributed by atoms with Crippen LogP contribution in [-0.4, -0.2) is 38.1 Å². The Kier molecular flexibility index (Phi) is 8.20. The first-order valence-corrected chi connectivity index (χ1v) is 12.5. The molecule has 0 aromatic heterocycles. The van der Waals surface area contributed by atoms with Crippen molar-refractivity contribution in [3.05, 3.63) is 83.4 Å². The predicted octanol–water partition coefficient (Wildman–Crippen LogP) is 4.27. The number of phenols is 1. The highest BCUT2D eigenvalue weighted by molar-refractivity contribution is 7.92. The molecule has 0 saturated carbocycles. The number of benzene rings is 3. The molecule has 0 spiro atoms. The zero-order chi connectivity index (χ0) is 27.5. The van der Waals surface area contributed by atoms with Crippen LogP contribution in [0.3, 0.4) is 0 Å². The highest BCUT2D eigenvalue weighted by Crippen LogP contribution is 2.43. The van der Waals surface area contributed by atoms with Crippen molar-refractivity contribution in [2.45, 2.75) is 31.9 Å². The van der Waals surface area contributed by atoms with Crippen LogP contribution in [0.1, 0.15) is 29.7 Å². The van der Waals surface area contributed by atoms with Gasteiger partial charge in [-0.25, -0.2) is 8.42 Å². The molecule has 200 valence electrons. The lowest BCUT2D eigenvalue weighted by atomic mass is 9.97. The Morgan fingerprint density at radius 1 is 0.865 bits per heavy atom. The maximum atomic E-state index is 13.1. The van der Waals surface area contributed by atoms with Crippen molar-refractivity contribution in [2.24, 2.45) is 5.73 Å². The molecule has 4 N–H and O–H groups in total. The van der Waals surface area contributed by atoms with E-state index in [1.807, 2.05) is 0 Å². The number of para-hydroxylation sites is 1. The number of rotatable bonds is 10. The quantitative estimate of drug-likeness (QED) is 0.257. The summed E-state index contributed by atoms with van der Waals surface area (Å²) in [5.74, 6) is -0.998. The van der Waals surface area contributed by atoms with Gasteiger partial charge in [-0.3, -0.25) is 10.0 Å². The van der Waals surface area contributed by atoms with Crippen molar-refractivity contribution in [3.63, 3.8) is 0 Å². The minimum atomic E-state index is -4.21. The number of nitrogens with two attached hydrogens (primary N) is 1. The number of anilines is 1. The number of aromatic hydroxyl groups is 1. The van der Waals surface area contributed by atoms with Crippen LogP contribution in [0.5, 0.6) is 17.2 Å². The molecule has 0 aliphatic rings. The molecule has 3 aromatic rings. The minimum absolute atomic E-state index is 0.168. The van der Waals surface area contributed by atoms with Gasteiger partial charge in [0.1, 0.15) is 23.0 Å². The van der Waals surface area contributed by atoms with Gasteiger partial charge in [0.2, 0.25) is 10.0 Å². The molecule has 0 aliphatic carbocycles. The van der Waals surface area contributed by atoms with Crippen LogP contribution in [-0.2, 0) is 15.7 Å². The molecule has 13 heteroatoms. The van der Waals surface area contributed by atoms with Crippen LogP contribution in [0, 0.1) is 0 Å². The van der Waals surface area contributed by atoms with Gasteiger partial charge in [-0.05, 0) is 48.4 Å². The predicted molar refractivity (Wildman–Crippen MR) is 127 cm³/mol. The highest BCUT2D eigenvalue weighted by Gasteiger charge is 2.34. The maximum Gasteiger partial charge on any atom is 0.387 e. The summed E-state index contributed by atoms with van der Waals surface area (Å²) in [4.78, 5) is 0. The van der Waals surface area contributed by atoms with Crippen LogP contribution in [0.25, 0.3) is 0 Å². The molecule has 0 aliphatic heterocycles. The molecule has 3 aromatic carbocycles. The third-order valence-corrected chi connectivity index (χ3v) is 6.35. The van der Waals surface area contributed by atoms with Gasteiger partial charge in [-0.2, -0.15) is 17.6 Å². The first kappa shape index (κ1) is 28.0. The van der Waals surface area contributed by atoms with E-state index in [0.717, 1.165) is 10.6 Å². The normalized spacial score (nSPS) is 13.6. The second-order valence-corrected chi connectivity index (χ2v) is 10.0. The summed E-state index contributed by atoms with van der Waals surface area (Å²) in [6.07, 6.45) is 0.870. The number of phenolic OH excluding ortho intramolecular Hbond substituents is 1. The summed E-state index contributed by atoms with van der Waals surface area (Å²) in [7, 11) is -4.21. The first-order chi connectivity index (χ1) is 17.2. The van der Waals surface area contributed by atoms with Gasteiger partial charge >= 0.3 is 13.2 Å². The third kappa shape index (κ3) is 6.81. The van der Waals surface area contributed by atoms with E-state index in [1.54, 1.807) is 0 Å². The van der Waals surface area contributed by atoms with Crippen LogP contribution < -0.4 is 19.5 Å². The summed E-state index contributed by atoms with van der Waals surface area (Å²) < 4.78 is 86.3. The summed E-state index contributed by atoms with van der Waals surface area (Å²) in [5.41, 5.74) is 3.77. The summed E-state index contributed by atoms with van der Waals surface area (Å²) >= 11 is 0.